The number of aromatic nitrogens is 4. The van der Waals surface area contributed by atoms with Gasteiger partial charge in [0.05, 0.1) is 24.5 Å². The molecule has 2 aromatic heterocycles. The maximum atomic E-state index is 13.9. The lowest BCUT2D eigenvalue weighted by Gasteiger charge is -2.40. The van der Waals surface area contributed by atoms with Gasteiger partial charge in [-0.15, -0.1) is 0 Å². The molecule has 0 amide bonds. The molecule has 0 aromatic carbocycles. The Labute approximate surface area is 172 Å². The minimum absolute atomic E-state index is 0.0336. The maximum Gasteiger partial charge on any atom is 0.343 e. The van der Waals surface area contributed by atoms with E-state index in [1.807, 2.05) is 0 Å². The molecule has 2 aromatic rings. The molecule has 0 N–H and O–H groups in total. The molecule has 0 bridgehead atoms. The van der Waals surface area contributed by atoms with E-state index >= 15 is 0 Å². The third-order valence-electron chi connectivity index (χ3n) is 5.53. The molecule has 1 aliphatic heterocycles. The number of nitrogens with zero attached hydrogens (tertiary/aromatic N) is 5. The van der Waals surface area contributed by atoms with Crippen molar-refractivity contribution in [3.63, 3.8) is 0 Å². The zero-order valence-electron chi connectivity index (χ0n) is 16.8. The molecular weight excluding hydrogens is 420 g/mol. The van der Waals surface area contributed by atoms with Gasteiger partial charge >= 0.3 is 5.97 Å². The predicted octanol–water partition coefficient (Wildman–Crippen LogP) is 2.29. The number of rotatable bonds is 6. The van der Waals surface area contributed by atoms with Crippen LogP contribution in [-0.2, 0) is 21.8 Å². The standard InChI is InChI=1S/C18H23F2N5O4S/c1-4-29-18(26)12-8-21-24-14(16(19)20)7-13(11-5-6-11)25(17(12)24)30(27,28)15-9-23(3)22-10(15)2/h8-9,11,13-14,16H,4-7H2,1-3H3/t13-,14+/m0/s1. The largest absolute Gasteiger partial charge is 0.462 e. The first-order chi connectivity index (χ1) is 14.2. The second kappa shape index (κ2) is 7.33. The SMILES string of the molecule is CCOC(=O)c1cnn2c1N(S(=O)(=O)c1cn(C)nc1C)[C@H](C1CC1)C[C@@H]2C(F)F. The summed E-state index contributed by atoms with van der Waals surface area (Å²) in [5, 5.41) is 8.08. The van der Waals surface area contributed by atoms with Crippen molar-refractivity contribution in [2.75, 3.05) is 10.9 Å². The van der Waals surface area contributed by atoms with E-state index in [-0.39, 0.29) is 40.9 Å². The highest BCUT2D eigenvalue weighted by molar-refractivity contribution is 7.93. The highest BCUT2D eigenvalue weighted by Crippen LogP contribution is 2.48. The van der Waals surface area contributed by atoms with E-state index in [1.165, 1.54) is 10.9 Å². The fourth-order valence-corrected chi connectivity index (χ4v) is 6.01. The van der Waals surface area contributed by atoms with Crippen molar-refractivity contribution >= 4 is 21.8 Å². The fraction of sp³-hybridized carbons (Fsp3) is 0.611. The Morgan fingerprint density at radius 2 is 2.07 bits per heavy atom. The van der Waals surface area contributed by atoms with Crippen molar-refractivity contribution in [3.8, 4) is 0 Å². The molecule has 0 spiro atoms. The van der Waals surface area contributed by atoms with Crippen molar-refractivity contribution in [2.24, 2.45) is 13.0 Å². The Hall–Kier alpha value is -2.50. The van der Waals surface area contributed by atoms with Crippen LogP contribution in [0.4, 0.5) is 14.6 Å². The summed E-state index contributed by atoms with van der Waals surface area (Å²) in [4.78, 5) is 12.5. The van der Waals surface area contributed by atoms with Crippen molar-refractivity contribution in [1.82, 2.24) is 19.6 Å². The Bertz CT molecular complexity index is 1080. The second-order valence-electron chi connectivity index (χ2n) is 7.64. The topological polar surface area (TPSA) is 99.3 Å². The number of sulfonamides is 1. The number of fused-ring (bicyclic) bond motifs is 1. The predicted molar refractivity (Wildman–Crippen MR) is 102 cm³/mol. The Balaban J connectivity index is 1.94. The second-order valence-corrected chi connectivity index (χ2v) is 9.43. The molecule has 164 valence electrons. The average Bonchev–Trinajstić information content (AvgIpc) is 3.33. The molecule has 0 saturated heterocycles. The number of hydrogen-bond acceptors (Lipinski definition) is 6. The summed E-state index contributed by atoms with van der Waals surface area (Å²) in [7, 11) is -2.59. The molecular formula is C18H23F2N5O4S. The third kappa shape index (κ3) is 3.26. The molecule has 4 rings (SSSR count). The van der Waals surface area contributed by atoms with E-state index < -0.39 is 34.5 Å². The first-order valence-electron chi connectivity index (χ1n) is 9.74. The van der Waals surface area contributed by atoms with Crippen molar-refractivity contribution < 1.29 is 26.7 Å². The summed E-state index contributed by atoms with van der Waals surface area (Å²) in [6.45, 7) is 3.23. The molecule has 3 heterocycles. The number of hydrogen-bond donors (Lipinski definition) is 0. The summed E-state index contributed by atoms with van der Waals surface area (Å²) >= 11 is 0. The number of ether oxygens (including phenoxy) is 1. The van der Waals surface area contributed by atoms with Gasteiger partial charge in [0.25, 0.3) is 16.4 Å². The van der Waals surface area contributed by atoms with Crippen LogP contribution in [0.2, 0.25) is 0 Å². The molecule has 0 unspecified atom stereocenters. The summed E-state index contributed by atoms with van der Waals surface area (Å²) in [5.74, 6) is -1.02. The van der Waals surface area contributed by atoms with Gasteiger partial charge in [0.15, 0.2) is 5.82 Å². The maximum absolute atomic E-state index is 13.9. The Kier molecular flexibility index (Phi) is 5.07. The fourth-order valence-electron chi connectivity index (χ4n) is 4.07. The van der Waals surface area contributed by atoms with E-state index in [0.29, 0.717) is 0 Å². The first kappa shape index (κ1) is 20.8. The lowest BCUT2D eigenvalue weighted by atomic mass is 10.00. The third-order valence-corrected chi connectivity index (χ3v) is 7.45. The highest BCUT2D eigenvalue weighted by Gasteiger charge is 2.51. The molecule has 12 heteroatoms. The van der Waals surface area contributed by atoms with Gasteiger partial charge in [0.2, 0.25) is 0 Å². The van der Waals surface area contributed by atoms with Crippen molar-refractivity contribution in [3.05, 3.63) is 23.7 Å². The molecule has 1 saturated carbocycles. The van der Waals surface area contributed by atoms with E-state index in [2.05, 4.69) is 10.2 Å². The molecule has 0 radical (unpaired) electrons. The first-order valence-corrected chi connectivity index (χ1v) is 11.2. The zero-order chi connectivity index (χ0) is 21.8. The summed E-state index contributed by atoms with van der Waals surface area (Å²) in [6, 6.07) is -2.03. The van der Waals surface area contributed by atoms with Gasteiger partial charge in [0, 0.05) is 13.2 Å². The quantitative estimate of drug-likeness (QED) is 0.635. The minimum Gasteiger partial charge on any atom is -0.462 e. The van der Waals surface area contributed by atoms with Gasteiger partial charge in [-0.3, -0.25) is 4.68 Å². The molecule has 1 fully saturated rings. The van der Waals surface area contributed by atoms with Crippen LogP contribution in [0.25, 0.3) is 0 Å². The Morgan fingerprint density at radius 3 is 2.60 bits per heavy atom. The Morgan fingerprint density at radius 1 is 1.37 bits per heavy atom. The van der Waals surface area contributed by atoms with Crippen molar-refractivity contribution in [1.29, 1.82) is 0 Å². The number of anilines is 1. The highest BCUT2D eigenvalue weighted by atomic mass is 32.2. The summed E-state index contributed by atoms with van der Waals surface area (Å²) in [5.41, 5.74) is 0.143. The van der Waals surface area contributed by atoms with E-state index in [0.717, 1.165) is 28.0 Å². The van der Waals surface area contributed by atoms with Gasteiger partial charge in [0.1, 0.15) is 16.5 Å². The number of alkyl halides is 2. The van der Waals surface area contributed by atoms with E-state index in [9.17, 15) is 22.0 Å². The van der Waals surface area contributed by atoms with Crippen LogP contribution in [0.5, 0.6) is 0 Å². The monoisotopic (exact) mass is 443 g/mol. The van der Waals surface area contributed by atoms with Crippen LogP contribution in [0, 0.1) is 12.8 Å². The summed E-state index contributed by atoms with van der Waals surface area (Å²) < 4.78 is 63.7. The van der Waals surface area contributed by atoms with Gasteiger partial charge < -0.3 is 4.74 Å². The molecule has 30 heavy (non-hydrogen) atoms. The number of esters is 1. The number of carbonyl (C=O) groups excluding carboxylic acids is 1. The van der Waals surface area contributed by atoms with E-state index in [1.54, 1.807) is 20.9 Å². The lowest BCUT2D eigenvalue weighted by Crippen LogP contribution is -2.49. The van der Waals surface area contributed by atoms with Gasteiger partial charge in [-0.2, -0.15) is 10.2 Å². The van der Waals surface area contributed by atoms with Crippen LogP contribution in [-0.4, -0.2) is 53.0 Å². The summed E-state index contributed by atoms with van der Waals surface area (Å²) in [6.07, 6.45) is 1.11. The normalized spacial score (nSPS) is 21.7. The smallest absolute Gasteiger partial charge is 0.343 e. The molecule has 2 aliphatic rings. The van der Waals surface area contributed by atoms with Gasteiger partial charge in [-0.05, 0) is 39.0 Å². The molecule has 1 aliphatic carbocycles. The average molecular weight is 443 g/mol. The zero-order valence-corrected chi connectivity index (χ0v) is 17.6. The van der Waals surface area contributed by atoms with Crippen LogP contribution in [0.15, 0.2) is 17.3 Å². The molecule has 2 atom stereocenters. The number of halogens is 2. The van der Waals surface area contributed by atoms with Crippen LogP contribution >= 0.6 is 0 Å². The number of carbonyl (C=O) groups is 1. The van der Waals surface area contributed by atoms with Crippen LogP contribution in [0.1, 0.15) is 48.3 Å². The van der Waals surface area contributed by atoms with Gasteiger partial charge in [-0.25, -0.2) is 31.0 Å². The van der Waals surface area contributed by atoms with Gasteiger partial charge in [-0.1, -0.05) is 0 Å². The van der Waals surface area contributed by atoms with Crippen LogP contribution < -0.4 is 4.31 Å². The van der Waals surface area contributed by atoms with Crippen molar-refractivity contribution in [2.45, 2.75) is 56.5 Å². The van der Waals surface area contributed by atoms with Crippen LogP contribution in [0.3, 0.4) is 0 Å². The lowest BCUT2D eigenvalue weighted by molar-refractivity contribution is 0.0518. The minimum atomic E-state index is -4.19. The molecule has 9 nitrogen and oxygen atoms in total. The number of aryl methyl sites for hydroxylation is 2. The van der Waals surface area contributed by atoms with E-state index in [4.69, 9.17) is 4.74 Å².